The van der Waals surface area contributed by atoms with Gasteiger partial charge in [-0.25, -0.2) is 0 Å². The van der Waals surface area contributed by atoms with Crippen molar-refractivity contribution in [1.29, 1.82) is 0 Å². The standard InChI is InChI=1S/C11H21F3N2/c1-9(2)16(8-11(12,13)14)10-5-3-4-6-15-7-10/h9-10,15H,3-8H2,1-2H3. The quantitative estimate of drug-likeness (QED) is 0.812. The van der Waals surface area contributed by atoms with E-state index in [0.717, 1.165) is 25.8 Å². The number of hydrogen-bond donors (Lipinski definition) is 1. The Morgan fingerprint density at radius 1 is 1.31 bits per heavy atom. The summed E-state index contributed by atoms with van der Waals surface area (Å²) < 4.78 is 37.4. The van der Waals surface area contributed by atoms with Gasteiger partial charge in [-0.3, -0.25) is 4.90 Å². The molecule has 5 heteroatoms. The number of alkyl halides is 3. The molecule has 1 atom stereocenters. The maximum absolute atomic E-state index is 12.5. The first-order valence-corrected chi connectivity index (χ1v) is 5.93. The van der Waals surface area contributed by atoms with Crippen molar-refractivity contribution in [3.8, 4) is 0 Å². The van der Waals surface area contributed by atoms with Crippen LogP contribution in [0.25, 0.3) is 0 Å². The van der Waals surface area contributed by atoms with Gasteiger partial charge in [-0.15, -0.1) is 0 Å². The lowest BCUT2D eigenvalue weighted by Crippen LogP contribution is -2.49. The van der Waals surface area contributed by atoms with Gasteiger partial charge in [-0.2, -0.15) is 13.2 Å². The lowest BCUT2D eigenvalue weighted by Gasteiger charge is -2.34. The van der Waals surface area contributed by atoms with Crippen LogP contribution in [0.3, 0.4) is 0 Å². The molecular formula is C11H21F3N2. The summed E-state index contributed by atoms with van der Waals surface area (Å²) in [6.45, 7) is 4.47. The predicted octanol–water partition coefficient (Wildman–Crippen LogP) is 2.40. The first-order valence-electron chi connectivity index (χ1n) is 5.93. The number of nitrogens with one attached hydrogen (secondary N) is 1. The molecule has 0 spiro atoms. The van der Waals surface area contributed by atoms with Crippen LogP contribution in [-0.2, 0) is 0 Å². The summed E-state index contributed by atoms with van der Waals surface area (Å²) in [7, 11) is 0. The number of rotatable bonds is 3. The molecule has 1 heterocycles. The molecule has 16 heavy (non-hydrogen) atoms. The van der Waals surface area contributed by atoms with E-state index in [-0.39, 0.29) is 12.1 Å². The minimum Gasteiger partial charge on any atom is -0.315 e. The molecule has 0 aliphatic carbocycles. The van der Waals surface area contributed by atoms with E-state index in [4.69, 9.17) is 0 Å². The molecule has 1 aliphatic rings. The van der Waals surface area contributed by atoms with Crippen LogP contribution in [0.2, 0.25) is 0 Å². The molecule has 1 fully saturated rings. The normalized spacial score (nSPS) is 23.8. The summed E-state index contributed by atoms with van der Waals surface area (Å²) in [6.07, 6.45) is -1.16. The van der Waals surface area contributed by atoms with Crippen molar-refractivity contribution in [3.63, 3.8) is 0 Å². The Morgan fingerprint density at radius 2 is 2.00 bits per heavy atom. The lowest BCUT2D eigenvalue weighted by atomic mass is 10.1. The minimum atomic E-state index is -4.10. The molecule has 1 unspecified atom stereocenters. The Labute approximate surface area is 95.2 Å². The third-order valence-corrected chi connectivity index (χ3v) is 3.02. The van der Waals surface area contributed by atoms with E-state index >= 15 is 0 Å². The van der Waals surface area contributed by atoms with Crippen LogP contribution in [0.1, 0.15) is 33.1 Å². The fraction of sp³-hybridized carbons (Fsp3) is 1.00. The Bertz CT molecular complexity index is 196. The van der Waals surface area contributed by atoms with Crippen LogP contribution in [0.15, 0.2) is 0 Å². The zero-order valence-electron chi connectivity index (χ0n) is 9.98. The molecule has 0 aromatic rings. The molecule has 0 amide bonds. The summed E-state index contributed by atoms with van der Waals surface area (Å²) in [4.78, 5) is 1.57. The third kappa shape index (κ3) is 4.70. The number of nitrogens with zero attached hydrogens (tertiary/aromatic N) is 1. The molecule has 0 aromatic heterocycles. The molecule has 2 nitrogen and oxygen atoms in total. The second-order valence-corrected chi connectivity index (χ2v) is 4.73. The van der Waals surface area contributed by atoms with Crippen molar-refractivity contribution < 1.29 is 13.2 Å². The van der Waals surface area contributed by atoms with Gasteiger partial charge >= 0.3 is 6.18 Å². The summed E-state index contributed by atoms with van der Waals surface area (Å²) in [5, 5.41) is 3.21. The molecule has 96 valence electrons. The Kier molecular flexibility index (Phi) is 5.05. The molecule has 1 aliphatic heterocycles. The monoisotopic (exact) mass is 238 g/mol. The van der Waals surface area contributed by atoms with Gasteiger partial charge in [0.2, 0.25) is 0 Å². The van der Waals surface area contributed by atoms with Crippen LogP contribution < -0.4 is 5.32 Å². The van der Waals surface area contributed by atoms with Gasteiger partial charge in [0.1, 0.15) is 0 Å². The Morgan fingerprint density at radius 3 is 2.56 bits per heavy atom. The summed E-state index contributed by atoms with van der Waals surface area (Å²) >= 11 is 0. The first-order chi connectivity index (χ1) is 7.40. The maximum Gasteiger partial charge on any atom is 0.401 e. The van der Waals surface area contributed by atoms with Crippen LogP contribution in [0.4, 0.5) is 13.2 Å². The minimum absolute atomic E-state index is 0.0177. The van der Waals surface area contributed by atoms with Gasteiger partial charge in [0.05, 0.1) is 6.54 Å². The van der Waals surface area contributed by atoms with E-state index in [1.54, 1.807) is 4.90 Å². The topological polar surface area (TPSA) is 15.3 Å². The summed E-state index contributed by atoms with van der Waals surface area (Å²) in [6, 6.07) is -0.0457. The van der Waals surface area contributed by atoms with Crippen molar-refractivity contribution in [2.45, 2.75) is 51.4 Å². The van der Waals surface area contributed by atoms with Crippen molar-refractivity contribution in [3.05, 3.63) is 0 Å². The highest BCUT2D eigenvalue weighted by Crippen LogP contribution is 2.22. The van der Waals surface area contributed by atoms with Crippen molar-refractivity contribution in [2.75, 3.05) is 19.6 Å². The fourth-order valence-corrected chi connectivity index (χ4v) is 2.22. The molecule has 1 rings (SSSR count). The van der Waals surface area contributed by atoms with E-state index < -0.39 is 12.7 Å². The van der Waals surface area contributed by atoms with Crippen LogP contribution in [0.5, 0.6) is 0 Å². The summed E-state index contributed by atoms with van der Waals surface area (Å²) in [5.41, 5.74) is 0. The maximum atomic E-state index is 12.5. The first kappa shape index (κ1) is 13.8. The van der Waals surface area contributed by atoms with E-state index in [9.17, 15) is 13.2 Å². The summed E-state index contributed by atoms with van der Waals surface area (Å²) in [5.74, 6) is 0. The highest BCUT2D eigenvalue weighted by molar-refractivity contribution is 4.80. The molecule has 1 N–H and O–H groups in total. The van der Waals surface area contributed by atoms with Crippen LogP contribution in [0, 0.1) is 0 Å². The second-order valence-electron chi connectivity index (χ2n) is 4.73. The average molecular weight is 238 g/mol. The Hall–Kier alpha value is -0.290. The van der Waals surface area contributed by atoms with Crippen molar-refractivity contribution in [1.82, 2.24) is 10.2 Å². The molecule has 0 saturated carbocycles. The van der Waals surface area contributed by atoms with Gasteiger partial charge in [0.25, 0.3) is 0 Å². The van der Waals surface area contributed by atoms with E-state index in [1.807, 2.05) is 13.8 Å². The average Bonchev–Trinajstić information content (AvgIpc) is 2.40. The fourth-order valence-electron chi connectivity index (χ4n) is 2.22. The van der Waals surface area contributed by atoms with Gasteiger partial charge < -0.3 is 5.32 Å². The highest BCUT2D eigenvalue weighted by atomic mass is 19.4. The SMILES string of the molecule is CC(C)N(CC(F)(F)F)C1CCCCNC1. The van der Waals surface area contributed by atoms with Crippen LogP contribution >= 0.6 is 0 Å². The number of hydrogen-bond acceptors (Lipinski definition) is 2. The Balaban J connectivity index is 2.60. The van der Waals surface area contributed by atoms with E-state index in [1.165, 1.54) is 0 Å². The van der Waals surface area contributed by atoms with Crippen molar-refractivity contribution >= 4 is 0 Å². The molecular weight excluding hydrogens is 217 g/mol. The van der Waals surface area contributed by atoms with Crippen LogP contribution in [-0.4, -0.2) is 42.8 Å². The van der Waals surface area contributed by atoms with Gasteiger partial charge in [0.15, 0.2) is 0 Å². The van der Waals surface area contributed by atoms with Crippen molar-refractivity contribution in [2.24, 2.45) is 0 Å². The largest absolute Gasteiger partial charge is 0.401 e. The molecule has 0 aromatic carbocycles. The predicted molar refractivity (Wildman–Crippen MR) is 58.4 cm³/mol. The molecule has 0 radical (unpaired) electrons. The van der Waals surface area contributed by atoms with Gasteiger partial charge in [0, 0.05) is 18.6 Å². The highest BCUT2D eigenvalue weighted by Gasteiger charge is 2.35. The second kappa shape index (κ2) is 5.87. The van der Waals surface area contributed by atoms with Gasteiger partial charge in [-0.05, 0) is 33.2 Å². The van der Waals surface area contributed by atoms with E-state index in [0.29, 0.717) is 6.54 Å². The molecule has 1 saturated heterocycles. The molecule has 0 bridgehead atoms. The zero-order chi connectivity index (χ0) is 12.2. The van der Waals surface area contributed by atoms with E-state index in [2.05, 4.69) is 5.32 Å². The van der Waals surface area contributed by atoms with Gasteiger partial charge in [-0.1, -0.05) is 6.42 Å². The lowest BCUT2D eigenvalue weighted by molar-refractivity contribution is -0.155. The smallest absolute Gasteiger partial charge is 0.315 e. The third-order valence-electron chi connectivity index (χ3n) is 3.02. The zero-order valence-corrected chi connectivity index (χ0v) is 9.98. The number of halogens is 3.